The van der Waals surface area contributed by atoms with E-state index in [1.165, 1.54) is 0 Å². The van der Waals surface area contributed by atoms with Crippen molar-refractivity contribution in [2.45, 2.75) is 77.0 Å². The number of carbonyl (C=O) groups excluding carboxylic acids is 1. The topological polar surface area (TPSA) is 17.1 Å². The normalized spacial score (nSPS) is 25.9. The highest BCUT2D eigenvalue weighted by Gasteiger charge is 2.32. The van der Waals surface area contributed by atoms with Crippen LogP contribution in [0.3, 0.4) is 0 Å². The Balaban J connectivity index is 1.62. The predicted octanol–water partition coefficient (Wildman–Crippen LogP) is 5.95. The summed E-state index contributed by atoms with van der Waals surface area (Å²) in [6.07, 6.45) is 9.01. The van der Waals surface area contributed by atoms with Crippen molar-refractivity contribution in [2.75, 3.05) is 0 Å². The van der Waals surface area contributed by atoms with Crippen molar-refractivity contribution >= 4 is 5.78 Å². The minimum atomic E-state index is -0.637. The summed E-state index contributed by atoms with van der Waals surface area (Å²) in [5.74, 6) is 0.634. The third-order valence-corrected chi connectivity index (χ3v) is 6.18. The molecule has 3 rings (SSSR count). The summed E-state index contributed by atoms with van der Waals surface area (Å²) in [6, 6.07) is 3.59. The Bertz CT molecular complexity index is 578. The molecule has 0 atom stereocenters. The summed E-state index contributed by atoms with van der Waals surface area (Å²) in [4.78, 5) is 11.4. The number of aryl methyl sites for hydroxylation is 1. The molecule has 0 saturated heterocycles. The van der Waals surface area contributed by atoms with E-state index >= 15 is 0 Å². The van der Waals surface area contributed by atoms with Gasteiger partial charge in [0.25, 0.3) is 0 Å². The van der Waals surface area contributed by atoms with Crippen LogP contribution >= 0.6 is 0 Å². The van der Waals surface area contributed by atoms with Crippen molar-refractivity contribution in [3.63, 3.8) is 0 Å². The lowest BCUT2D eigenvalue weighted by atomic mass is 9.69. The van der Waals surface area contributed by atoms with Crippen LogP contribution in [0.5, 0.6) is 0 Å². The number of hydrogen-bond donors (Lipinski definition) is 0. The van der Waals surface area contributed by atoms with Crippen LogP contribution < -0.4 is 0 Å². The molecule has 0 aromatic heterocycles. The Labute approximate surface area is 143 Å². The van der Waals surface area contributed by atoms with Gasteiger partial charge in [0.2, 0.25) is 0 Å². The predicted molar refractivity (Wildman–Crippen MR) is 92.0 cm³/mol. The van der Waals surface area contributed by atoms with E-state index in [9.17, 15) is 13.6 Å². The molecule has 2 aliphatic rings. The zero-order valence-corrected chi connectivity index (χ0v) is 14.6. The molecule has 2 aliphatic carbocycles. The maximum atomic E-state index is 14.5. The van der Waals surface area contributed by atoms with Gasteiger partial charge in [-0.2, -0.15) is 0 Å². The third kappa shape index (κ3) is 3.70. The summed E-state index contributed by atoms with van der Waals surface area (Å²) in [6.45, 7) is 1.98. The van der Waals surface area contributed by atoms with Crippen LogP contribution in [0.1, 0.15) is 81.8 Å². The summed E-state index contributed by atoms with van der Waals surface area (Å²) in [5.41, 5.74) is 1.07. The van der Waals surface area contributed by atoms with E-state index in [4.69, 9.17) is 0 Å². The molecule has 0 spiro atoms. The molecule has 132 valence electrons. The number of carbonyl (C=O) groups is 1. The van der Waals surface area contributed by atoms with Gasteiger partial charge in [-0.1, -0.05) is 25.5 Å². The van der Waals surface area contributed by atoms with E-state index in [0.29, 0.717) is 35.2 Å². The van der Waals surface area contributed by atoms with Gasteiger partial charge in [-0.3, -0.25) is 4.79 Å². The van der Waals surface area contributed by atoms with Gasteiger partial charge < -0.3 is 0 Å². The molecule has 0 radical (unpaired) electrons. The minimum absolute atomic E-state index is 0.150. The van der Waals surface area contributed by atoms with Gasteiger partial charge in [-0.25, -0.2) is 8.78 Å². The summed E-state index contributed by atoms with van der Waals surface area (Å²) in [5, 5.41) is 0. The van der Waals surface area contributed by atoms with Crippen molar-refractivity contribution in [3.8, 4) is 0 Å². The van der Waals surface area contributed by atoms with Crippen LogP contribution in [0.15, 0.2) is 12.1 Å². The van der Waals surface area contributed by atoms with Crippen LogP contribution in [0.2, 0.25) is 0 Å². The summed E-state index contributed by atoms with van der Waals surface area (Å²) in [7, 11) is 0. The molecule has 0 aliphatic heterocycles. The van der Waals surface area contributed by atoms with E-state index in [-0.39, 0.29) is 5.92 Å². The molecule has 0 amide bonds. The van der Waals surface area contributed by atoms with Crippen LogP contribution in [0.25, 0.3) is 0 Å². The van der Waals surface area contributed by atoms with E-state index in [1.54, 1.807) is 6.07 Å². The first kappa shape index (κ1) is 17.6. The van der Waals surface area contributed by atoms with E-state index < -0.39 is 11.6 Å². The molecular formula is C21H28F2O. The second-order valence-electron chi connectivity index (χ2n) is 7.68. The Morgan fingerprint density at radius 2 is 1.54 bits per heavy atom. The van der Waals surface area contributed by atoms with Crippen molar-refractivity contribution in [1.29, 1.82) is 0 Å². The number of ketones is 1. The van der Waals surface area contributed by atoms with Crippen LogP contribution in [-0.4, -0.2) is 5.78 Å². The van der Waals surface area contributed by atoms with Gasteiger partial charge in [-0.15, -0.1) is 0 Å². The quantitative estimate of drug-likeness (QED) is 0.665. The fourth-order valence-corrected chi connectivity index (χ4v) is 4.72. The molecule has 1 aromatic carbocycles. The largest absolute Gasteiger partial charge is 0.300 e. The van der Waals surface area contributed by atoms with Crippen molar-refractivity contribution in [1.82, 2.24) is 0 Å². The molecule has 2 saturated carbocycles. The standard InChI is InChI=1S/C21H28F2O/c1-2-3-17-10-13-19(21(23)20(17)22)16-6-4-14(5-7-16)15-8-11-18(24)12-9-15/h10,13-16H,2-9,11-12H2,1H3. The lowest BCUT2D eigenvalue weighted by molar-refractivity contribution is -0.121. The van der Waals surface area contributed by atoms with E-state index in [2.05, 4.69) is 0 Å². The van der Waals surface area contributed by atoms with Crippen LogP contribution in [0, 0.1) is 23.5 Å². The average Bonchev–Trinajstić information content (AvgIpc) is 2.60. The second kappa shape index (κ2) is 7.76. The van der Waals surface area contributed by atoms with Gasteiger partial charge in [-0.05, 0) is 73.8 Å². The number of Topliss-reactive ketones (excluding diaryl/α,β-unsaturated/α-hetero) is 1. The molecule has 0 bridgehead atoms. The second-order valence-corrected chi connectivity index (χ2v) is 7.68. The maximum Gasteiger partial charge on any atom is 0.162 e. The third-order valence-electron chi connectivity index (χ3n) is 6.18. The van der Waals surface area contributed by atoms with Crippen molar-refractivity contribution in [2.24, 2.45) is 11.8 Å². The van der Waals surface area contributed by atoms with Gasteiger partial charge in [0.15, 0.2) is 11.6 Å². The smallest absolute Gasteiger partial charge is 0.162 e. The Hall–Kier alpha value is -1.25. The molecular weight excluding hydrogens is 306 g/mol. The molecule has 24 heavy (non-hydrogen) atoms. The average molecular weight is 334 g/mol. The lowest BCUT2D eigenvalue weighted by Crippen LogP contribution is -2.25. The fraction of sp³-hybridized carbons (Fsp3) is 0.667. The molecule has 0 heterocycles. The SMILES string of the molecule is CCCc1ccc(C2CCC(C3CCC(=O)CC3)CC2)c(F)c1F. The highest BCUT2D eigenvalue weighted by molar-refractivity contribution is 5.79. The molecule has 1 aromatic rings. The molecule has 0 unspecified atom stereocenters. The van der Waals surface area contributed by atoms with Crippen molar-refractivity contribution < 1.29 is 13.6 Å². The first-order valence-corrected chi connectivity index (χ1v) is 9.58. The van der Waals surface area contributed by atoms with Crippen LogP contribution in [-0.2, 0) is 11.2 Å². The number of rotatable bonds is 4. The summed E-state index contributed by atoms with van der Waals surface area (Å²) < 4.78 is 28.7. The molecule has 2 fully saturated rings. The Morgan fingerprint density at radius 3 is 2.17 bits per heavy atom. The van der Waals surface area contributed by atoms with Gasteiger partial charge in [0, 0.05) is 12.8 Å². The molecule has 1 nitrogen and oxygen atoms in total. The Kier molecular flexibility index (Phi) is 5.68. The highest BCUT2D eigenvalue weighted by atomic mass is 19.2. The molecule has 0 N–H and O–H groups in total. The van der Waals surface area contributed by atoms with Crippen LogP contribution in [0.4, 0.5) is 8.78 Å². The monoisotopic (exact) mass is 334 g/mol. The number of benzene rings is 1. The van der Waals surface area contributed by atoms with E-state index in [0.717, 1.165) is 57.8 Å². The van der Waals surface area contributed by atoms with Gasteiger partial charge in [0.1, 0.15) is 5.78 Å². The first-order chi connectivity index (χ1) is 11.6. The minimum Gasteiger partial charge on any atom is -0.300 e. The highest BCUT2D eigenvalue weighted by Crippen LogP contribution is 2.43. The maximum absolute atomic E-state index is 14.5. The lowest BCUT2D eigenvalue weighted by Gasteiger charge is -2.35. The zero-order chi connectivity index (χ0) is 17.1. The van der Waals surface area contributed by atoms with Gasteiger partial charge in [0.05, 0.1) is 0 Å². The van der Waals surface area contributed by atoms with Crippen molar-refractivity contribution in [3.05, 3.63) is 34.9 Å². The summed E-state index contributed by atoms with van der Waals surface area (Å²) >= 11 is 0. The fourth-order valence-electron chi connectivity index (χ4n) is 4.72. The first-order valence-electron chi connectivity index (χ1n) is 9.58. The zero-order valence-electron chi connectivity index (χ0n) is 14.6. The number of hydrogen-bond acceptors (Lipinski definition) is 1. The van der Waals surface area contributed by atoms with E-state index in [1.807, 2.05) is 13.0 Å². The van der Waals surface area contributed by atoms with Gasteiger partial charge >= 0.3 is 0 Å². The molecule has 3 heteroatoms. The Morgan fingerprint density at radius 1 is 0.917 bits per heavy atom. The number of halogens is 2.